The van der Waals surface area contributed by atoms with Gasteiger partial charge in [-0.1, -0.05) is 0 Å². The van der Waals surface area contributed by atoms with E-state index in [1.165, 1.54) is 12.8 Å². The third-order valence-electron chi connectivity index (χ3n) is 6.88. The lowest BCUT2D eigenvalue weighted by molar-refractivity contribution is 0.0769. The maximum atomic E-state index is 13.2. The fourth-order valence-electron chi connectivity index (χ4n) is 4.72. The predicted octanol–water partition coefficient (Wildman–Crippen LogP) is 3.58. The van der Waals surface area contributed by atoms with E-state index >= 15 is 0 Å². The molecule has 2 amide bonds. The number of nitrogens with zero attached hydrogens (tertiary/aromatic N) is 6. The van der Waals surface area contributed by atoms with Gasteiger partial charge in [-0.05, 0) is 58.2 Å². The fraction of sp³-hybridized carbons (Fsp3) is 0.480. The van der Waals surface area contributed by atoms with Crippen LogP contribution in [0.1, 0.15) is 77.3 Å². The number of amides is 2. The average Bonchev–Trinajstić information content (AvgIpc) is 3.39. The fourth-order valence-corrected chi connectivity index (χ4v) is 4.72. The molecule has 2 aromatic heterocycles. The minimum absolute atomic E-state index is 0.0189. The van der Waals surface area contributed by atoms with E-state index in [2.05, 4.69) is 19.5 Å². The van der Waals surface area contributed by atoms with E-state index in [0.717, 1.165) is 17.5 Å². The molecule has 0 spiro atoms. The Morgan fingerprint density at radius 1 is 1.12 bits per heavy atom. The number of aromatic nitrogens is 4. The first kappa shape index (κ1) is 21.6. The van der Waals surface area contributed by atoms with Crippen molar-refractivity contribution in [2.75, 3.05) is 26.2 Å². The molecule has 8 nitrogen and oxygen atoms in total. The van der Waals surface area contributed by atoms with Crippen molar-refractivity contribution >= 4 is 22.8 Å². The highest BCUT2D eigenvalue weighted by molar-refractivity contribution is 5.97. The minimum atomic E-state index is -0.0354. The zero-order valence-electron chi connectivity index (χ0n) is 19.5. The van der Waals surface area contributed by atoms with Crippen LogP contribution in [0.15, 0.2) is 30.7 Å². The summed E-state index contributed by atoms with van der Waals surface area (Å²) >= 11 is 0. The van der Waals surface area contributed by atoms with Gasteiger partial charge >= 0.3 is 0 Å². The van der Waals surface area contributed by atoms with Gasteiger partial charge in [0, 0.05) is 49.9 Å². The van der Waals surface area contributed by atoms with Gasteiger partial charge in [0.25, 0.3) is 11.8 Å². The summed E-state index contributed by atoms with van der Waals surface area (Å²) in [7, 11) is 0. The lowest BCUT2D eigenvalue weighted by Gasteiger charge is -2.20. The summed E-state index contributed by atoms with van der Waals surface area (Å²) in [5.41, 5.74) is 3.87. The Hall–Kier alpha value is -3.29. The summed E-state index contributed by atoms with van der Waals surface area (Å²) in [6.45, 7) is 8.34. The van der Waals surface area contributed by atoms with Gasteiger partial charge in [0.2, 0.25) is 0 Å². The molecule has 0 bridgehead atoms. The van der Waals surface area contributed by atoms with Crippen LogP contribution in [0.25, 0.3) is 11.0 Å². The van der Waals surface area contributed by atoms with Crippen LogP contribution >= 0.6 is 0 Å². The van der Waals surface area contributed by atoms with E-state index < -0.39 is 0 Å². The third kappa shape index (κ3) is 3.98. The van der Waals surface area contributed by atoms with Gasteiger partial charge in [-0.25, -0.2) is 15.0 Å². The van der Waals surface area contributed by atoms with Gasteiger partial charge in [0.1, 0.15) is 5.82 Å². The number of fused-ring (bicyclic) bond motifs is 1. The molecule has 1 aromatic carbocycles. The molecule has 0 radical (unpaired) electrons. The molecule has 1 saturated heterocycles. The lowest BCUT2D eigenvalue weighted by Crippen LogP contribution is -2.31. The van der Waals surface area contributed by atoms with Crippen LogP contribution in [-0.4, -0.2) is 67.3 Å². The van der Waals surface area contributed by atoms with Crippen molar-refractivity contribution in [1.82, 2.24) is 29.3 Å². The molecule has 172 valence electrons. The van der Waals surface area contributed by atoms with Crippen LogP contribution in [0.4, 0.5) is 0 Å². The molecular formula is C25H30N6O2. The summed E-state index contributed by atoms with van der Waals surface area (Å²) < 4.78 is 2.21. The Kier molecular flexibility index (Phi) is 5.60. The second-order valence-electron chi connectivity index (χ2n) is 9.03. The Balaban J connectivity index is 1.29. The normalized spacial score (nSPS) is 18.2. The molecule has 1 saturated carbocycles. The standard InChI is InChI=1S/C25H30N6O2/c1-4-29(5-2)25(33)20-13-26-23(28-16(20)3)18-10-11-30(14-18)24(32)17-6-9-22-21(12-17)27-15-31(22)19-7-8-19/h6,9,12-13,15,18-19H,4-5,7-8,10-11,14H2,1-3H3/t18-/m1/s1. The number of likely N-dealkylation sites (tertiary alicyclic amines) is 1. The molecule has 1 aliphatic carbocycles. The van der Waals surface area contributed by atoms with Crippen molar-refractivity contribution in [3.8, 4) is 0 Å². The van der Waals surface area contributed by atoms with Crippen molar-refractivity contribution in [2.24, 2.45) is 0 Å². The largest absolute Gasteiger partial charge is 0.339 e. The maximum absolute atomic E-state index is 13.2. The summed E-state index contributed by atoms with van der Waals surface area (Å²) in [5, 5.41) is 0. The minimum Gasteiger partial charge on any atom is -0.339 e. The van der Waals surface area contributed by atoms with E-state index in [0.29, 0.717) is 54.9 Å². The Morgan fingerprint density at radius 3 is 2.61 bits per heavy atom. The van der Waals surface area contributed by atoms with Crippen molar-refractivity contribution in [3.05, 3.63) is 53.4 Å². The molecule has 8 heteroatoms. The van der Waals surface area contributed by atoms with Crippen LogP contribution in [0.5, 0.6) is 0 Å². The zero-order valence-corrected chi connectivity index (χ0v) is 19.5. The maximum Gasteiger partial charge on any atom is 0.257 e. The molecule has 2 aliphatic rings. The first-order valence-electron chi connectivity index (χ1n) is 11.9. The highest BCUT2D eigenvalue weighted by atomic mass is 16.2. The molecule has 0 N–H and O–H groups in total. The molecule has 33 heavy (non-hydrogen) atoms. The van der Waals surface area contributed by atoms with Crippen molar-refractivity contribution in [2.45, 2.75) is 52.0 Å². The van der Waals surface area contributed by atoms with E-state index in [9.17, 15) is 9.59 Å². The molecule has 3 aromatic rings. The summed E-state index contributed by atoms with van der Waals surface area (Å²) in [4.78, 5) is 43.2. The Morgan fingerprint density at radius 2 is 1.91 bits per heavy atom. The summed E-state index contributed by atoms with van der Waals surface area (Å²) in [6.07, 6.45) is 6.75. The van der Waals surface area contributed by atoms with Gasteiger partial charge in [0.05, 0.1) is 28.6 Å². The number of hydrogen-bond donors (Lipinski definition) is 0. The topological polar surface area (TPSA) is 84.2 Å². The number of imidazole rings is 1. The number of carbonyl (C=O) groups is 2. The summed E-state index contributed by atoms with van der Waals surface area (Å²) in [6, 6.07) is 6.39. The SMILES string of the molecule is CCN(CC)C(=O)c1cnc([C@@H]2CCN(C(=O)c3ccc4c(c3)ncn4C3CC3)C2)nc1C. The number of aryl methyl sites for hydroxylation is 1. The van der Waals surface area contributed by atoms with Gasteiger partial charge in [0.15, 0.2) is 0 Å². The van der Waals surface area contributed by atoms with Crippen LogP contribution in [0.2, 0.25) is 0 Å². The van der Waals surface area contributed by atoms with Crippen LogP contribution in [0.3, 0.4) is 0 Å². The smallest absolute Gasteiger partial charge is 0.257 e. The van der Waals surface area contributed by atoms with E-state index in [-0.39, 0.29) is 17.7 Å². The number of rotatable bonds is 6. The van der Waals surface area contributed by atoms with Crippen molar-refractivity contribution < 1.29 is 9.59 Å². The van der Waals surface area contributed by atoms with Crippen LogP contribution in [0, 0.1) is 6.92 Å². The average molecular weight is 447 g/mol. The van der Waals surface area contributed by atoms with Gasteiger partial charge < -0.3 is 14.4 Å². The van der Waals surface area contributed by atoms with Crippen molar-refractivity contribution in [3.63, 3.8) is 0 Å². The van der Waals surface area contributed by atoms with Gasteiger partial charge in [-0.2, -0.15) is 0 Å². The molecule has 1 atom stereocenters. The third-order valence-corrected chi connectivity index (χ3v) is 6.88. The van der Waals surface area contributed by atoms with E-state index in [1.807, 2.05) is 50.2 Å². The van der Waals surface area contributed by atoms with E-state index in [1.54, 1.807) is 11.1 Å². The molecule has 0 unspecified atom stereocenters. The molecule has 1 aliphatic heterocycles. The first-order valence-corrected chi connectivity index (χ1v) is 11.9. The Labute approximate surface area is 193 Å². The second-order valence-corrected chi connectivity index (χ2v) is 9.03. The number of benzene rings is 1. The first-order chi connectivity index (χ1) is 16.0. The quantitative estimate of drug-likeness (QED) is 0.578. The molecule has 3 heterocycles. The van der Waals surface area contributed by atoms with E-state index in [4.69, 9.17) is 0 Å². The zero-order chi connectivity index (χ0) is 23.1. The van der Waals surface area contributed by atoms with Crippen LogP contribution in [-0.2, 0) is 0 Å². The van der Waals surface area contributed by atoms with Gasteiger partial charge in [-0.3, -0.25) is 9.59 Å². The Bertz CT molecular complexity index is 1210. The van der Waals surface area contributed by atoms with Gasteiger partial charge in [-0.15, -0.1) is 0 Å². The predicted molar refractivity (Wildman–Crippen MR) is 125 cm³/mol. The molecule has 5 rings (SSSR count). The highest BCUT2D eigenvalue weighted by Gasteiger charge is 2.31. The lowest BCUT2D eigenvalue weighted by atomic mass is 10.1. The number of hydrogen-bond acceptors (Lipinski definition) is 5. The monoisotopic (exact) mass is 446 g/mol. The highest BCUT2D eigenvalue weighted by Crippen LogP contribution is 2.37. The second kappa shape index (κ2) is 8.57. The molecule has 2 fully saturated rings. The van der Waals surface area contributed by atoms with Crippen molar-refractivity contribution in [1.29, 1.82) is 0 Å². The molecular weight excluding hydrogens is 416 g/mol. The summed E-state index contributed by atoms with van der Waals surface area (Å²) in [5.74, 6) is 0.762. The van der Waals surface area contributed by atoms with Crippen LogP contribution < -0.4 is 0 Å². The number of carbonyl (C=O) groups excluding carboxylic acids is 2.